The van der Waals surface area contributed by atoms with Crippen molar-refractivity contribution >= 4 is 41.4 Å². The summed E-state index contributed by atoms with van der Waals surface area (Å²) < 4.78 is 31.5. The summed E-state index contributed by atoms with van der Waals surface area (Å²) in [5.41, 5.74) is 7.35. The van der Waals surface area contributed by atoms with E-state index in [9.17, 15) is 38.0 Å². The molecule has 0 saturated carbocycles. The largest absolute Gasteiger partial charge is 0.370 e. The van der Waals surface area contributed by atoms with E-state index >= 15 is 4.39 Å². The smallest absolute Gasteiger partial charge is 0.243 e. The Bertz CT molecular complexity index is 2300. The van der Waals surface area contributed by atoms with Crippen LogP contribution in [0.1, 0.15) is 77.2 Å². The van der Waals surface area contributed by atoms with E-state index in [1.54, 1.807) is 29.3 Å². The van der Waals surface area contributed by atoms with Gasteiger partial charge in [-0.1, -0.05) is 51.1 Å². The minimum atomic E-state index is -1.58. The van der Waals surface area contributed by atoms with Crippen LogP contribution in [0.15, 0.2) is 85.3 Å². The van der Waals surface area contributed by atoms with Crippen LogP contribution >= 0.6 is 0 Å². The van der Waals surface area contributed by atoms with Crippen LogP contribution in [0.2, 0.25) is 0 Å². The molecule has 7 N–H and O–H groups in total. The standard InChI is InChI=1S/C46H57F2N9O7/c1-27(52-40(60)21-30-15-18-51-19-16-30)42(61)53-28(2)43(62)55-37(24-39(49)59)45(64)54-36(44(63)50-7)17-20-57(29(3)58)41(46(4,5)6)38-22-32(34-23-33(47)13-14-35(34)48)26-56(38)25-31-11-9-8-10-12-31/h8-16,18-19,22-23,26-28,36-37,41H,17,20-21,24-25H2,1-7H3,(H2,49,59)(H,50,63)(H,52,60)(H,53,61)(H,54,64)(H,55,62)/t27?,28?,36?,37-,41?/m0/s1. The number of benzene rings is 2. The lowest BCUT2D eigenvalue weighted by atomic mass is 9.82. The molecular weight excluding hydrogens is 829 g/mol. The third kappa shape index (κ3) is 14.0. The number of nitrogens with two attached hydrogens (primary N) is 1. The average molecular weight is 886 g/mol. The van der Waals surface area contributed by atoms with Crippen molar-refractivity contribution in [1.82, 2.24) is 41.0 Å². The minimum absolute atomic E-state index is 0.00875. The third-order valence-corrected chi connectivity index (χ3v) is 10.4. The average Bonchev–Trinajstić information content (AvgIpc) is 3.63. The number of aromatic nitrogens is 2. The van der Waals surface area contributed by atoms with Crippen LogP contribution in [0.25, 0.3) is 11.1 Å². The van der Waals surface area contributed by atoms with Gasteiger partial charge in [0.1, 0.15) is 35.8 Å². The molecule has 18 heteroatoms. The van der Waals surface area contributed by atoms with Crippen molar-refractivity contribution in [2.75, 3.05) is 13.6 Å². The van der Waals surface area contributed by atoms with Crippen molar-refractivity contribution in [3.05, 3.63) is 114 Å². The van der Waals surface area contributed by atoms with Gasteiger partial charge in [0.05, 0.1) is 18.9 Å². The molecule has 2 aromatic carbocycles. The molecule has 4 aromatic rings. The molecule has 0 saturated heterocycles. The van der Waals surface area contributed by atoms with Gasteiger partial charge in [-0.05, 0) is 73.2 Å². The molecule has 342 valence electrons. The van der Waals surface area contributed by atoms with Gasteiger partial charge in [-0.25, -0.2) is 8.78 Å². The second kappa shape index (κ2) is 22.4. The Morgan fingerprint density at radius 2 is 1.41 bits per heavy atom. The topological polar surface area (TPSA) is 227 Å². The lowest BCUT2D eigenvalue weighted by Crippen LogP contribution is -2.58. The van der Waals surface area contributed by atoms with Crippen molar-refractivity contribution in [3.8, 4) is 11.1 Å². The van der Waals surface area contributed by atoms with Crippen molar-refractivity contribution in [3.63, 3.8) is 0 Å². The Morgan fingerprint density at radius 3 is 2.02 bits per heavy atom. The first-order valence-corrected chi connectivity index (χ1v) is 20.7. The summed E-state index contributed by atoms with van der Waals surface area (Å²) in [7, 11) is 1.35. The molecule has 7 amide bonds. The van der Waals surface area contributed by atoms with Crippen LogP contribution in [0.4, 0.5) is 8.78 Å². The zero-order valence-electron chi connectivity index (χ0n) is 37.0. The zero-order chi connectivity index (χ0) is 47.3. The number of carbonyl (C=O) groups is 7. The fourth-order valence-corrected chi connectivity index (χ4v) is 7.22. The highest BCUT2D eigenvalue weighted by molar-refractivity contribution is 5.97. The van der Waals surface area contributed by atoms with Crippen LogP contribution in [0.3, 0.4) is 0 Å². The Hall–Kier alpha value is -6.98. The van der Waals surface area contributed by atoms with Gasteiger partial charge < -0.3 is 41.8 Å². The van der Waals surface area contributed by atoms with E-state index in [2.05, 4.69) is 31.6 Å². The molecule has 4 unspecified atom stereocenters. The van der Waals surface area contributed by atoms with Crippen molar-refractivity contribution < 1.29 is 42.3 Å². The van der Waals surface area contributed by atoms with Crippen molar-refractivity contribution in [1.29, 1.82) is 0 Å². The second-order valence-corrected chi connectivity index (χ2v) is 16.6. The van der Waals surface area contributed by atoms with Crippen LogP contribution in [0, 0.1) is 17.0 Å². The zero-order valence-corrected chi connectivity index (χ0v) is 37.0. The highest BCUT2D eigenvalue weighted by atomic mass is 19.1. The van der Waals surface area contributed by atoms with Gasteiger partial charge >= 0.3 is 0 Å². The fraction of sp³-hybridized carbons (Fsp3) is 0.391. The Kier molecular flexibility index (Phi) is 17.4. The third-order valence-electron chi connectivity index (χ3n) is 10.4. The Labute approximate surface area is 371 Å². The molecule has 0 fully saturated rings. The minimum Gasteiger partial charge on any atom is -0.370 e. The number of nitrogens with zero attached hydrogens (tertiary/aromatic N) is 3. The highest BCUT2D eigenvalue weighted by Gasteiger charge is 2.38. The van der Waals surface area contributed by atoms with Crippen molar-refractivity contribution in [2.45, 2.75) is 97.6 Å². The first-order chi connectivity index (χ1) is 30.2. The molecular formula is C46H57F2N9O7. The maximum absolute atomic E-state index is 15.2. The first-order valence-electron chi connectivity index (χ1n) is 20.7. The van der Waals surface area contributed by atoms with E-state index in [4.69, 9.17) is 5.73 Å². The summed E-state index contributed by atoms with van der Waals surface area (Å²) in [6.45, 7) is 10.1. The van der Waals surface area contributed by atoms with Crippen LogP contribution < -0.4 is 32.3 Å². The molecule has 0 aliphatic heterocycles. The van der Waals surface area contributed by atoms with Crippen LogP contribution in [0.5, 0.6) is 0 Å². The maximum atomic E-state index is 15.2. The summed E-state index contributed by atoms with van der Waals surface area (Å²) in [4.78, 5) is 97.0. The van der Waals surface area contributed by atoms with Gasteiger partial charge in [-0.2, -0.15) is 0 Å². The summed E-state index contributed by atoms with van der Waals surface area (Å²) in [5, 5.41) is 12.5. The number of amides is 7. The number of pyridine rings is 1. The molecule has 0 spiro atoms. The van der Waals surface area contributed by atoms with Crippen LogP contribution in [-0.2, 0) is 46.5 Å². The van der Waals surface area contributed by atoms with Gasteiger partial charge in [-0.15, -0.1) is 0 Å². The maximum Gasteiger partial charge on any atom is 0.243 e. The van der Waals surface area contributed by atoms with Gasteiger partial charge in [0.2, 0.25) is 41.4 Å². The van der Waals surface area contributed by atoms with Gasteiger partial charge in [0, 0.05) is 62.5 Å². The number of halogens is 2. The number of primary amides is 1. The van der Waals surface area contributed by atoms with Gasteiger partial charge in [-0.3, -0.25) is 38.5 Å². The predicted molar refractivity (Wildman–Crippen MR) is 234 cm³/mol. The molecule has 2 heterocycles. The van der Waals surface area contributed by atoms with Crippen molar-refractivity contribution in [2.24, 2.45) is 11.1 Å². The molecule has 0 aliphatic carbocycles. The summed E-state index contributed by atoms with van der Waals surface area (Å²) in [6.07, 6.45) is 3.94. The van der Waals surface area contributed by atoms with E-state index in [-0.39, 0.29) is 30.9 Å². The highest BCUT2D eigenvalue weighted by Crippen LogP contribution is 2.41. The van der Waals surface area contributed by atoms with E-state index in [0.29, 0.717) is 23.4 Å². The van der Waals surface area contributed by atoms with E-state index in [1.807, 2.05) is 55.7 Å². The second-order valence-electron chi connectivity index (χ2n) is 16.6. The normalized spacial score (nSPS) is 13.6. The molecule has 2 aromatic heterocycles. The molecule has 0 bridgehead atoms. The Balaban J connectivity index is 1.54. The van der Waals surface area contributed by atoms with Gasteiger partial charge in [0.15, 0.2) is 0 Å². The number of hydrogen-bond donors (Lipinski definition) is 6. The molecule has 16 nitrogen and oxygen atoms in total. The number of hydrogen-bond acceptors (Lipinski definition) is 8. The SMILES string of the molecule is CNC(=O)C(CCN(C(C)=O)C(c1cc(-c2cc(F)ccc2F)cn1Cc1ccccc1)C(C)(C)C)NC(=O)[C@H](CC(N)=O)NC(=O)C(C)NC(=O)C(C)NC(=O)Cc1ccncc1. The lowest BCUT2D eigenvalue weighted by molar-refractivity contribution is -0.136. The van der Waals surface area contributed by atoms with E-state index < -0.39 is 89.1 Å². The molecule has 5 atom stereocenters. The van der Waals surface area contributed by atoms with Gasteiger partial charge in [0.25, 0.3) is 0 Å². The number of rotatable bonds is 20. The molecule has 64 heavy (non-hydrogen) atoms. The Morgan fingerprint density at radius 1 is 0.781 bits per heavy atom. The lowest BCUT2D eigenvalue weighted by Gasteiger charge is -2.41. The fourth-order valence-electron chi connectivity index (χ4n) is 7.22. The summed E-state index contributed by atoms with van der Waals surface area (Å²) in [6, 6.07) is 11.8. The molecule has 4 rings (SSSR count). The first kappa shape index (κ1) is 49.7. The summed E-state index contributed by atoms with van der Waals surface area (Å²) >= 11 is 0. The predicted octanol–water partition coefficient (Wildman–Crippen LogP) is 3.05. The number of nitrogens with one attached hydrogen (secondary N) is 5. The van der Waals surface area contributed by atoms with E-state index in [0.717, 1.165) is 23.8 Å². The molecule has 0 radical (unpaired) electrons. The number of likely N-dealkylation sites (N-methyl/N-ethyl adjacent to an activating group) is 1. The van der Waals surface area contributed by atoms with Crippen LogP contribution in [-0.4, -0.2) is 93.6 Å². The summed E-state index contributed by atoms with van der Waals surface area (Å²) in [5.74, 6) is -6.21. The monoisotopic (exact) mass is 885 g/mol. The van der Waals surface area contributed by atoms with E-state index in [1.165, 1.54) is 40.2 Å². The number of carbonyl (C=O) groups excluding carboxylic acids is 7. The quantitative estimate of drug-likeness (QED) is 0.0772. The molecule has 0 aliphatic rings.